The van der Waals surface area contributed by atoms with Crippen LogP contribution in [0.4, 0.5) is 0 Å². The lowest BCUT2D eigenvalue weighted by molar-refractivity contribution is -0.137. The van der Waals surface area contributed by atoms with E-state index in [9.17, 15) is 13.2 Å². The molecule has 18 heavy (non-hydrogen) atoms. The first-order valence-corrected chi connectivity index (χ1v) is 7.63. The van der Waals surface area contributed by atoms with Gasteiger partial charge in [0.25, 0.3) is 0 Å². The monoisotopic (exact) mass is 277 g/mol. The molecule has 2 aliphatic rings. The maximum atomic E-state index is 11.9. The van der Waals surface area contributed by atoms with Crippen LogP contribution in [-0.4, -0.2) is 81.8 Å². The van der Waals surface area contributed by atoms with Gasteiger partial charge in [-0.15, -0.1) is 0 Å². The lowest BCUT2D eigenvalue weighted by atomic mass is 10.1. The topological polar surface area (TPSA) is 79.0 Å². The van der Waals surface area contributed by atoms with Gasteiger partial charge in [-0.3, -0.25) is 9.69 Å². The molecule has 2 rings (SSSR count). The summed E-state index contributed by atoms with van der Waals surface area (Å²) in [6.45, 7) is 4.33. The molecule has 0 saturated carbocycles. The third-order valence-corrected chi connectivity index (χ3v) is 5.22. The van der Waals surface area contributed by atoms with Gasteiger partial charge in [0.15, 0.2) is 5.75 Å². The number of carbonyl (C=O) groups is 1. The van der Waals surface area contributed by atoms with Crippen LogP contribution in [-0.2, 0) is 19.6 Å². The molecule has 2 saturated heterocycles. The number of nitrogens with one attached hydrogen (secondary N) is 1. The first kappa shape index (κ1) is 13.7. The fraction of sp³-hybridized carbons (Fsp3) is 0.900. The van der Waals surface area contributed by atoms with Crippen LogP contribution in [0, 0.1) is 0 Å². The summed E-state index contributed by atoms with van der Waals surface area (Å²) in [5.41, 5.74) is 0. The number of carbonyl (C=O) groups excluding carboxylic acids is 1. The number of sulfonamides is 1. The van der Waals surface area contributed by atoms with Gasteiger partial charge < -0.3 is 10.1 Å². The molecular weight excluding hydrogens is 258 g/mol. The first-order valence-electron chi connectivity index (χ1n) is 6.02. The number of piperazine rings is 1. The largest absolute Gasteiger partial charge is 0.468 e. The Morgan fingerprint density at radius 3 is 2.33 bits per heavy atom. The maximum Gasteiger partial charge on any atom is 0.322 e. The van der Waals surface area contributed by atoms with Crippen LogP contribution < -0.4 is 5.32 Å². The van der Waals surface area contributed by atoms with Crippen molar-refractivity contribution in [1.82, 2.24) is 14.5 Å². The average molecular weight is 277 g/mol. The highest BCUT2D eigenvalue weighted by Crippen LogP contribution is 2.12. The zero-order chi connectivity index (χ0) is 13.2. The van der Waals surface area contributed by atoms with E-state index in [0.29, 0.717) is 19.1 Å². The Labute approximate surface area is 107 Å². The lowest BCUT2D eigenvalue weighted by Gasteiger charge is -2.42. The molecular formula is C10H19N3O4S. The van der Waals surface area contributed by atoms with Gasteiger partial charge >= 0.3 is 5.97 Å². The lowest BCUT2D eigenvalue weighted by Crippen LogP contribution is -2.62. The zero-order valence-corrected chi connectivity index (χ0v) is 11.3. The molecule has 0 bridgehead atoms. The molecule has 2 fully saturated rings. The number of esters is 1. The minimum atomic E-state index is -3.52. The zero-order valence-electron chi connectivity index (χ0n) is 10.5. The van der Waals surface area contributed by atoms with Crippen molar-refractivity contribution in [3.63, 3.8) is 0 Å². The Morgan fingerprint density at radius 2 is 1.89 bits per heavy atom. The number of nitrogens with zero attached hydrogens (tertiary/aromatic N) is 2. The van der Waals surface area contributed by atoms with E-state index in [1.165, 1.54) is 11.4 Å². The molecule has 0 unspecified atom stereocenters. The summed E-state index contributed by atoms with van der Waals surface area (Å²) in [7, 11) is -2.32. The highest BCUT2D eigenvalue weighted by Gasteiger charge is 2.33. The molecule has 0 aromatic carbocycles. The molecule has 2 aliphatic heterocycles. The van der Waals surface area contributed by atoms with E-state index in [1.54, 1.807) is 0 Å². The van der Waals surface area contributed by atoms with Crippen LogP contribution in [0.25, 0.3) is 0 Å². The second-order valence-electron chi connectivity index (χ2n) is 4.58. The average Bonchev–Trinajstić information content (AvgIpc) is 2.27. The van der Waals surface area contributed by atoms with Crippen molar-refractivity contribution >= 4 is 16.0 Å². The summed E-state index contributed by atoms with van der Waals surface area (Å²) in [6.07, 6.45) is 0. The summed E-state index contributed by atoms with van der Waals surface area (Å²) in [5, 5.41) is 3.20. The summed E-state index contributed by atoms with van der Waals surface area (Å²) in [6, 6.07) is 0.537. The van der Waals surface area contributed by atoms with Gasteiger partial charge in [0.05, 0.1) is 7.11 Å². The molecule has 1 N–H and O–H groups in total. The number of ether oxygens (including phenoxy) is 1. The maximum absolute atomic E-state index is 11.9. The molecule has 0 amide bonds. The van der Waals surface area contributed by atoms with E-state index in [1.807, 2.05) is 0 Å². The van der Waals surface area contributed by atoms with Gasteiger partial charge in [0.2, 0.25) is 10.0 Å². The van der Waals surface area contributed by atoms with Crippen molar-refractivity contribution in [3.8, 4) is 0 Å². The normalized spacial score (nSPS) is 23.6. The second kappa shape index (κ2) is 5.52. The summed E-state index contributed by atoms with van der Waals surface area (Å²) in [5.74, 6) is -1.27. The van der Waals surface area contributed by atoms with Gasteiger partial charge in [-0.2, -0.15) is 4.31 Å². The standard InChI is InChI=1S/C10H19N3O4S/c1-17-10(14)8-18(15,16)13-4-2-12(3-5-13)9-6-11-7-9/h9,11H,2-8H2,1H3. The SMILES string of the molecule is COC(=O)CS(=O)(=O)N1CCN(C2CNC2)CC1. The van der Waals surface area contributed by atoms with Crippen LogP contribution in [0.15, 0.2) is 0 Å². The first-order chi connectivity index (χ1) is 8.53. The molecule has 0 spiro atoms. The van der Waals surface area contributed by atoms with Crippen LogP contribution >= 0.6 is 0 Å². The van der Waals surface area contributed by atoms with Gasteiger partial charge in [0.1, 0.15) is 0 Å². The highest BCUT2D eigenvalue weighted by molar-refractivity contribution is 7.89. The second-order valence-corrected chi connectivity index (χ2v) is 6.55. The predicted octanol–water partition coefficient (Wildman–Crippen LogP) is -1.92. The molecule has 0 aliphatic carbocycles. The highest BCUT2D eigenvalue weighted by atomic mass is 32.2. The Balaban J connectivity index is 1.86. The Hall–Kier alpha value is -0.700. The van der Waals surface area contributed by atoms with E-state index in [2.05, 4.69) is 15.0 Å². The van der Waals surface area contributed by atoms with Crippen LogP contribution in [0.3, 0.4) is 0 Å². The summed E-state index contributed by atoms with van der Waals surface area (Å²) >= 11 is 0. The van der Waals surface area contributed by atoms with Crippen molar-refractivity contribution in [2.75, 3.05) is 52.1 Å². The molecule has 8 heteroatoms. The van der Waals surface area contributed by atoms with Crippen LogP contribution in [0.5, 0.6) is 0 Å². The molecule has 0 aromatic heterocycles. The number of rotatable bonds is 4. The molecule has 0 aromatic rings. The molecule has 0 atom stereocenters. The quantitative estimate of drug-likeness (QED) is 0.604. The molecule has 104 valence electrons. The smallest absolute Gasteiger partial charge is 0.322 e. The fourth-order valence-corrected chi connectivity index (χ4v) is 3.50. The van der Waals surface area contributed by atoms with Gasteiger partial charge in [-0.1, -0.05) is 0 Å². The van der Waals surface area contributed by atoms with Gasteiger partial charge in [-0.05, 0) is 0 Å². The summed E-state index contributed by atoms with van der Waals surface area (Å²) in [4.78, 5) is 13.3. The molecule has 0 radical (unpaired) electrons. The van der Waals surface area contributed by atoms with Gasteiger partial charge in [-0.25, -0.2) is 8.42 Å². The van der Waals surface area contributed by atoms with Crippen molar-refractivity contribution in [2.45, 2.75) is 6.04 Å². The van der Waals surface area contributed by atoms with Gasteiger partial charge in [0, 0.05) is 45.3 Å². The van der Waals surface area contributed by atoms with Crippen molar-refractivity contribution in [2.24, 2.45) is 0 Å². The van der Waals surface area contributed by atoms with E-state index in [4.69, 9.17) is 0 Å². The van der Waals surface area contributed by atoms with E-state index in [0.717, 1.165) is 26.2 Å². The molecule has 2 heterocycles. The fourth-order valence-electron chi connectivity index (χ4n) is 2.18. The van der Waals surface area contributed by atoms with Crippen molar-refractivity contribution in [3.05, 3.63) is 0 Å². The third kappa shape index (κ3) is 3.00. The van der Waals surface area contributed by atoms with E-state index >= 15 is 0 Å². The number of hydrogen-bond donors (Lipinski definition) is 1. The van der Waals surface area contributed by atoms with Crippen molar-refractivity contribution in [1.29, 1.82) is 0 Å². The minimum Gasteiger partial charge on any atom is -0.468 e. The van der Waals surface area contributed by atoms with Crippen molar-refractivity contribution < 1.29 is 17.9 Å². The Morgan fingerprint density at radius 1 is 1.28 bits per heavy atom. The Bertz CT molecular complexity index is 399. The molecule has 7 nitrogen and oxygen atoms in total. The Kier molecular flexibility index (Phi) is 4.21. The predicted molar refractivity (Wildman–Crippen MR) is 65.6 cm³/mol. The van der Waals surface area contributed by atoms with E-state index < -0.39 is 21.7 Å². The third-order valence-electron chi connectivity index (χ3n) is 3.47. The number of hydrogen-bond acceptors (Lipinski definition) is 6. The summed E-state index contributed by atoms with van der Waals surface area (Å²) < 4.78 is 29.6. The number of methoxy groups -OCH3 is 1. The van der Waals surface area contributed by atoms with E-state index in [-0.39, 0.29) is 0 Å². The van der Waals surface area contributed by atoms with Crippen LogP contribution in [0.2, 0.25) is 0 Å². The minimum absolute atomic E-state index is 0.454. The van der Waals surface area contributed by atoms with Crippen LogP contribution in [0.1, 0.15) is 0 Å².